The Kier molecular flexibility index (Phi) is 26.5. The Balaban J connectivity index is 3.60. The summed E-state index contributed by atoms with van der Waals surface area (Å²) in [6.45, 7) is 6.24. The maximum absolute atomic E-state index is 11.9. The molecule has 3 N–H and O–H groups in total. The van der Waals surface area contributed by atoms with Crippen LogP contribution in [0.25, 0.3) is 0 Å². The molecule has 0 aliphatic heterocycles. The van der Waals surface area contributed by atoms with Gasteiger partial charge in [0.2, 0.25) is 11.8 Å². The predicted octanol–water partition coefficient (Wildman–Crippen LogP) is 5.41. The molecule has 7 heteroatoms. The zero-order chi connectivity index (χ0) is 28.7. The third-order valence-electron chi connectivity index (χ3n) is 5.02. The minimum atomic E-state index is -0.540. The van der Waals surface area contributed by atoms with Crippen molar-refractivity contribution in [1.82, 2.24) is 16.0 Å². The van der Waals surface area contributed by atoms with Crippen LogP contribution in [0.4, 0.5) is 0 Å². The largest absolute Gasteiger partial charge is 0.463 e. The second kappa shape index (κ2) is 29.1. The maximum Gasteiger partial charge on any atom is 0.330 e. The highest BCUT2D eigenvalue weighted by Gasteiger charge is 1.99. The number of nitrogens with one attached hydrogen (secondary N) is 3. The van der Waals surface area contributed by atoms with E-state index in [2.05, 4.69) is 89.7 Å². The molecule has 2 amide bonds. The summed E-state index contributed by atoms with van der Waals surface area (Å²) in [5, 5.41) is 8.65. The van der Waals surface area contributed by atoms with Gasteiger partial charge < -0.3 is 20.7 Å². The number of hydrogen-bond acceptors (Lipinski definition) is 5. The van der Waals surface area contributed by atoms with E-state index in [4.69, 9.17) is 4.74 Å². The van der Waals surface area contributed by atoms with Crippen LogP contribution < -0.4 is 16.0 Å². The molecule has 0 aromatic heterocycles. The van der Waals surface area contributed by atoms with Gasteiger partial charge in [0.25, 0.3) is 0 Å². The summed E-state index contributed by atoms with van der Waals surface area (Å²) in [6, 6.07) is 0. The zero-order valence-electron chi connectivity index (χ0n) is 23.9. The van der Waals surface area contributed by atoms with E-state index in [-0.39, 0.29) is 18.4 Å². The van der Waals surface area contributed by atoms with Gasteiger partial charge in [-0.3, -0.25) is 9.59 Å². The average Bonchev–Trinajstić information content (AvgIpc) is 2.92. The van der Waals surface area contributed by atoms with Crippen LogP contribution in [-0.4, -0.2) is 50.6 Å². The SMILES string of the molecule is CCC=CCC=CCC=CCC=CCC=CCC=CCCC(=O)NCCNCCNC(=O)C=CC(=O)OCC. The highest BCUT2D eigenvalue weighted by Crippen LogP contribution is 1.97. The van der Waals surface area contributed by atoms with E-state index in [1.165, 1.54) is 0 Å². The van der Waals surface area contributed by atoms with Gasteiger partial charge in [0.15, 0.2) is 0 Å². The fourth-order valence-corrected chi connectivity index (χ4v) is 3.02. The Morgan fingerprint density at radius 3 is 1.59 bits per heavy atom. The Morgan fingerprint density at radius 1 is 0.590 bits per heavy atom. The van der Waals surface area contributed by atoms with Gasteiger partial charge in [0.1, 0.15) is 0 Å². The van der Waals surface area contributed by atoms with E-state index < -0.39 is 5.97 Å². The molecule has 0 atom stereocenters. The molecule has 0 unspecified atom stereocenters. The molecule has 0 saturated carbocycles. The lowest BCUT2D eigenvalue weighted by Crippen LogP contribution is -2.36. The van der Waals surface area contributed by atoms with Crippen LogP contribution in [0.5, 0.6) is 0 Å². The van der Waals surface area contributed by atoms with Crippen LogP contribution in [0.1, 0.15) is 65.2 Å². The fourth-order valence-electron chi connectivity index (χ4n) is 3.02. The highest BCUT2D eigenvalue weighted by atomic mass is 16.5. The second-order valence-electron chi connectivity index (χ2n) is 8.43. The molecule has 0 rings (SSSR count). The van der Waals surface area contributed by atoms with Gasteiger partial charge in [-0.15, -0.1) is 0 Å². The van der Waals surface area contributed by atoms with E-state index in [0.717, 1.165) is 57.1 Å². The summed E-state index contributed by atoms with van der Waals surface area (Å²) in [4.78, 5) is 34.5. The Hall–Kier alpha value is -3.45. The summed E-state index contributed by atoms with van der Waals surface area (Å²) in [5.74, 6) is -0.872. The van der Waals surface area contributed by atoms with E-state index in [1.54, 1.807) is 6.92 Å². The van der Waals surface area contributed by atoms with Gasteiger partial charge in [0.05, 0.1) is 6.61 Å². The molecule has 39 heavy (non-hydrogen) atoms. The third-order valence-corrected chi connectivity index (χ3v) is 5.02. The van der Waals surface area contributed by atoms with Crippen LogP contribution in [0.15, 0.2) is 85.1 Å². The molecule has 0 aromatic rings. The van der Waals surface area contributed by atoms with Crippen LogP contribution in [-0.2, 0) is 19.1 Å². The number of carbonyl (C=O) groups excluding carboxylic acids is 3. The first kappa shape index (κ1) is 35.5. The number of esters is 1. The molecule has 216 valence electrons. The van der Waals surface area contributed by atoms with Crippen molar-refractivity contribution in [2.75, 3.05) is 32.8 Å². The quantitative estimate of drug-likeness (QED) is 0.0699. The molecule has 0 aliphatic carbocycles. The Labute approximate surface area is 235 Å². The number of rotatable bonds is 23. The summed E-state index contributed by atoms with van der Waals surface area (Å²) >= 11 is 0. The predicted molar refractivity (Wildman–Crippen MR) is 162 cm³/mol. The molecule has 0 aromatic carbocycles. The molecule has 0 fully saturated rings. The number of carbonyl (C=O) groups is 3. The first-order valence-electron chi connectivity index (χ1n) is 14.1. The minimum absolute atomic E-state index is 0.0220. The first-order chi connectivity index (χ1) is 19.1. The van der Waals surface area contributed by atoms with Crippen molar-refractivity contribution >= 4 is 17.8 Å². The third kappa shape index (κ3) is 29.0. The normalized spacial score (nSPS) is 12.4. The van der Waals surface area contributed by atoms with Crippen LogP contribution in [0, 0.1) is 0 Å². The van der Waals surface area contributed by atoms with Crippen molar-refractivity contribution in [2.24, 2.45) is 0 Å². The molecule has 0 saturated heterocycles. The molecule has 0 radical (unpaired) electrons. The standard InChI is InChI=1S/C32H49N3O4/c1-3-5-6-7-8-9-10-11-12-13-14-15-16-17-18-19-20-21-22-23-30(36)34-28-26-33-27-29-35-31(37)24-25-32(38)39-4-2/h5-6,8-9,11-12,14-15,17-18,20-21,24-25,33H,3-4,7,10,13,16,19,22-23,26-29H2,1-2H3,(H,34,36)(H,35,37). The molecule has 7 nitrogen and oxygen atoms in total. The van der Waals surface area contributed by atoms with E-state index >= 15 is 0 Å². The molecule has 0 aliphatic rings. The highest BCUT2D eigenvalue weighted by molar-refractivity contribution is 5.94. The van der Waals surface area contributed by atoms with Crippen molar-refractivity contribution in [3.63, 3.8) is 0 Å². The summed E-state index contributed by atoms with van der Waals surface area (Å²) < 4.78 is 4.70. The van der Waals surface area contributed by atoms with Gasteiger partial charge >= 0.3 is 5.97 Å². The van der Waals surface area contributed by atoms with Crippen molar-refractivity contribution in [1.29, 1.82) is 0 Å². The van der Waals surface area contributed by atoms with Gasteiger partial charge in [0, 0.05) is 44.8 Å². The van der Waals surface area contributed by atoms with Crippen LogP contribution in [0.3, 0.4) is 0 Å². The topological polar surface area (TPSA) is 96.5 Å². The first-order valence-corrected chi connectivity index (χ1v) is 14.1. The van der Waals surface area contributed by atoms with Crippen molar-refractivity contribution in [3.05, 3.63) is 85.1 Å². The summed E-state index contributed by atoms with van der Waals surface area (Å²) in [7, 11) is 0. The van der Waals surface area contributed by atoms with E-state index in [0.29, 0.717) is 32.6 Å². The van der Waals surface area contributed by atoms with E-state index in [9.17, 15) is 14.4 Å². The summed E-state index contributed by atoms with van der Waals surface area (Å²) in [5.41, 5.74) is 0. The van der Waals surface area contributed by atoms with Crippen molar-refractivity contribution in [2.45, 2.75) is 65.2 Å². The lowest BCUT2D eigenvalue weighted by molar-refractivity contribution is -0.137. The summed E-state index contributed by atoms with van der Waals surface area (Å²) in [6.07, 6.45) is 35.3. The molecular formula is C32H49N3O4. The lowest BCUT2D eigenvalue weighted by atomic mass is 10.2. The molecule has 0 bridgehead atoms. The molecule has 0 heterocycles. The Bertz CT molecular complexity index is 851. The van der Waals surface area contributed by atoms with Gasteiger partial charge in [-0.25, -0.2) is 4.79 Å². The van der Waals surface area contributed by atoms with Crippen LogP contribution in [0.2, 0.25) is 0 Å². The van der Waals surface area contributed by atoms with Gasteiger partial charge in [-0.05, 0) is 51.9 Å². The van der Waals surface area contributed by atoms with Gasteiger partial charge in [-0.2, -0.15) is 0 Å². The number of ether oxygens (including phenoxy) is 1. The number of amides is 2. The lowest BCUT2D eigenvalue weighted by Gasteiger charge is -2.07. The van der Waals surface area contributed by atoms with E-state index in [1.807, 2.05) is 6.08 Å². The van der Waals surface area contributed by atoms with Crippen molar-refractivity contribution in [3.8, 4) is 0 Å². The second-order valence-corrected chi connectivity index (χ2v) is 8.43. The molecular weight excluding hydrogens is 490 g/mol. The maximum atomic E-state index is 11.9. The monoisotopic (exact) mass is 539 g/mol. The minimum Gasteiger partial charge on any atom is -0.463 e. The number of allylic oxidation sites excluding steroid dienone is 12. The number of hydrogen-bond donors (Lipinski definition) is 3. The molecule has 0 spiro atoms. The van der Waals surface area contributed by atoms with Crippen LogP contribution >= 0.6 is 0 Å². The zero-order valence-corrected chi connectivity index (χ0v) is 23.9. The Morgan fingerprint density at radius 2 is 1.08 bits per heavy atom. The smallest absolute Gasteiger partial charge is 0.330 e. The average molecular weight is 540 g/mol. The van der Waals surface area contributed by atoms with Crippen molar-refractivity contribution < 1.29 is 19.1 Å². The van der Waals surface area contributed by atoms with Gasteiger partial charge in [-0.1, -0.05) is 79.8 Å². The fraction of sp³-hybridized carbons (Fsp3) is 0.469.